The normalized spacial score (nSPS) is 10.8. The molecule has 3 aromatic rings. The van der Waals surface area contributed by atoms with Gasteiger partial charge in [-0.05, 0) is 60.2 Å². The van der Waals surface area contributed by atoms with Crippen LogP contribution in [0.4, 0.5) is 0 Å². The number of hydrogen-bond donors (Lipinski definition) is 0. The lowest BCUT2D eigenvalue weighted by molar-refractivity contribution is 0.104. The number of allylic oxidation sites excluding steroid dienone is 1. The molecular weight excluding hydrogens is 370 g/mol. The van der Waals surface area contributed by atoms with Crippen molar-refractivity contribution >= 4 is 23.6 Å². The van der Waals surface area contributed by atoms with E-state index >= 15 is 0 Å². The summed E-state index contributed by atoms with van der Waals surface area (Å²) in [6.07, 6.45) is 5.18. The summed E-state index contributed by atoms with van der Waals surface area (Å²) in [5, 5.41) is 0.959. The summed E-state index contributed by atoms with van der Waals surface area (Å²) in [5.41, 5.74) is 2.62. The highest BCUT2D eigenvalue weighted by atomic mass is 32.2. The van der Waals surface area contributed by atoms with E-state index < -0.39 is 0 Å². The smallest absolute Gasteiger partial charge is 0.185 e. The Morgan fingerprint density at radius 3 is 2.54 bits per heavy atom. The molecule has 5 heteroatoms. The molecule has 1 aromatic heterocycles. The van der Waals surface area contributed by atoms with Crippen LogP contribution in [0.1, 0.15) is 21.5 Å². The maximum absolute atomic E-state index is 12.4. The van der Waals surface area contributed by atoms with Crippen molar-refractivity contribution in [2.24, 2.45) is 0 Å². The standard InChI is InChI=1S/C23H21NO3S/c1-26-20-10-8-18(9-11-20)21(25)12-6-17-7-13-22(27-2)19(15-17)16-28-23-5-3-4-14-24-23/h3-15H,16H2,1-2H3/b12-6+. The first-order valence-corrected chi connectivity index (χ1v) is 9.75. The average molecular weight is 391 g/mol. The van der Waals surface area contributed by atoms with E-state index in [1.165, 1.54) is 0 Å². The first kappa shape index (κ1) is 19.7. The molecule has 1 heterocycles. The van der Waals surface area contributed by atoms with Gasteiger partial charge in [0.1, 0.15) is 11.5 Å². The zero-order chi connectivity index (χ0) is 19.8. The largest absolute Gasteiger partial charge is 0.497 e. The third-order valence-electron chi connectivity index (χ3n) is 4.12. The second kappa shape index (κ2) is 9.76. The quantitative estimate of drug-likeness (QED) is 0.297. The van der Waals surface area contributed by atoms with Crippen LogP contribution in [0.5, 0.6) is 11.5 Å². The van der Waals surface area contributed by atoms with Gasteiger partial charge in [0.25, 0.3) is 0 Å². The van der Waals surface area contributed by atoms with Gasteiger partial charge in [0.15, 0.2) is 5.78 Å². The van der Waals surface area contributed by atoms with Crippen molar-refractivity contribution in [3.63, 3.8) is 0 Å². The van der Waals surface area contributed by atoms with Gasteiger partial charge < -0.3 is 9.47 Å². The molecule has 0 aliphatic rings. The topological polar surface area (TPSA) is 48.4 Å². The highest BCUT2D eigenvalue weighted by molar-refractivity contribution is 7.98. The summed E-state index contributed by atoms with van der Waals surface area (Å²) in [6, 6.07) is 18.8. The van der Waals surface area contributed by atoms with Crippen LogP contribution >= 0.6 is 11.8 Å². The van der Waals surface area contributed by atoms with Crippen LogP contribution in [0.15, 0.2) is 78.0 Å². The average Bonchev–Trinajstić information content (AvgIpc) is 2.76. The Hall–Kier alpha value is -3.05. The molecule has 0 N–H and O–H groups in total. The molecule has 28 heavy (non-hydrogen) atoms. The number of aromatic nitrogens is 1. The lowest BCUT2D eigenvalue weighted by Crippen LogP contribution is -1.95. The number of nitrogens with zero attached hydrogens (tertiary/aromatic N) is 1. The van der Waals surface area contributed by atoms with E-state index in [9.17, 15) is 4.79 Å². The van der Waals surface area contributed by atoms with E-state index in [1.807, 2.05) is 42.5 Å². The van der Waals surface area contributed by atoms with Crippen LogP contribution in [0.25, 0.3) is 6.08 Å². The van der Waals surface area contributed by atoms with E-state index in [4.69, 9.17) is 9.47 Å². The number of benzene rings is 2. The van der Waals surface area contributed by atoms with Crippen molar-refractivity contribution in [2.45, 2.75) is 10.8 Å². The van der Waals surface area contributed by atoms with E-state index in [1.54, 1.807) is 62.5 Å². The van der Waals surface area contributed by atoms with Gasteiger partial charge in [-0.2, -0.15) is 0 Å². The van der Waals surface area contributed by atoms with Crippen molar-refractivity contribution in [1.29, 1.82) is 0 Å². The molecule has 3 rings (SSSR count). The molecule has 0 radical (unpaired) electrons. The van der Waals surface area contributed by atoms with Crippen molar-refractivity contribution in [1.82, 2.24) is 4.98 Å². The van der Waals surface area contributed by atoms with E-state index in [-0.39, 0.29) is 5.78 Å². The molecule has 0 amide bonds. The number of rotatable bonds is 8. The maximum atomic E-state index is 12.4. The molecule has 142 valence electrons. The number of thioether (sulfide) groups is 1. The predicted octanol–water partition coefficient (Wildman–Crippen LogP) is 5.29. The Labute approximate surface area is 169 Å². The third kappa shape index (κ3) is 5.24. The second-order valence-electron chi connectivity index (χ2n) is 5.95. The van der Waals surface area contributed by atoms with Gasteiger partial charge in [-0.15, -0.1) is 11.8 Å². The van der Waals surface area contributed by atoms with Gasteiger partial charge in [-0.25, -0.2) is 4.98 Å². The fraction of sp³-hybridized carbons (Fsp3) is 0.130. The van der Waals surface area contributed by atoms with Crippen LogP contribution in [-0.4, -0.2) is 25.0 Å². The van der Waals surface area contributed by atoms with Crippen molar-refractivity contribution in [2.75, 3.05) is 14.2 Å². The highest BCUT2D eigenvalue weighted by Crippen LogP contribution is 2.28. The Balaban J connectivity index is 1.72. The van der Waals surface area contributed by atoms with Crippen LogP contribution in [0.2, 0.25) is 0 Å². The van der Waals surface area contributed by atoms with Gasteiger partial charge >= 0.3 is 0 Å². The van der Waals surface area contributed by atoms with Gasteiger partial charge in [-0.3, -0.25) is 4.79 Å². The lowest BCUT2D eigenvalue weighted by atomic mass is 10.1. The first-order valence-electron chi connectivity index (χ1n) is 8.77. The van der Waals surface area contributed by atoms with Crippen LogP contribution in [-0.2, 0) is 5.75 Å². The highest BCUT2D eigenvalue weighted by Gasteiger charge is 2.06. The molecule has 0 unspecified atom stereocenters. The van der Waals surface area contributed by atoms with Crippen molar-refractivity contribution < 1.29 is 14.3 Å². The maximum Gasteiger partial charge on any atom is 0.185 e. The lowest BCUT2D eigenvalue weighted by Gasteiger charge is -2.09. The molecule has 0 spiro atoms. The Kier molecular flexibility index (Phi) is 6.87. The summed E-state index contributed by atoms with van der Waals surface area (Å²) in [5.74, 6) is 2.23. The molecule has 0 aliphatic heterocycles. The van der Waals surface area contributed by atoms with Crippen molar-refractivity contribution in [3.8, 4) is 11.5 Å². The zero-order valence-corrected chi connectivity index (χ0v) is 16.6. The zero-order valence-electron chi connectivity index (χ0n) is 15.8. The fourth-order valence-corrected chi connectivity index (χ4v) is 3.46. The Morgan fingerprint density at radius 2 is 1.86 bits per heavy atom. The summed E-state index contributed by atoms with van der Waals surface area (Å²) < 4.78 is 10.6. The molecule has 0 bridgehead atoms. The number of hydrogen-bond acceptors (Lipinski definition) is 5. The number of ketones is 1. The molecule has 0 aliphatic carbocycles. The first-order chi connectivity index (χ1) is 13.7. The number of carbonyl (C=O) groups excluding carboxylic acids is 1. The SMILES string of the molecule is COc1ccc(C(=O)/C=C/c2ccc(OC)c(CSc3ccccn3)c2)cc1. The van der Waals surface area contributed by atoms with E-state index in [2.05, 4.69) is 4.98 Å². The molecule has 0 atom stereocenters. The fourth-order valence-electron chi connectivity index (χ4n) is 2.62. The minimum atomic E-state index is -0.0529. The molecule has 0 saturated heterocycles. The summed E-state index contributed by atoms with van der Waals surface area (Å²) in [7, 11) is 3.26. The molecule has 4 nitrogen and oxygen atoms in total. The number of ether oxygens (including phenoxy) is 2. The van der Waals surface area contributed by atoms with E-state index in [0.717, 1.165) is 33.4 Å². The van der Waals surface area contributed by atoms with Gasteiger partial charge in [0.2, 0.25) is 0 Å². The van der Waals surface area contributed by atoms with Crippen LogP contribution < -0.4 is 9.47 Å². The summed E-state index contributed by atoms with van der Waals surface area (Å²) >= 11 is 1.64. The molecule has 0 saturated carbocycles. The van der Waals surface area contributed by atoms with Gasteiger partial charge in [0.05, 0.1) is 19.2 Å². The summed E-state index contributed by atoms with van der Waals surface area (Å²) in [6.45, 7) is 0. The van der Waals surface area contributed by atoms with Crippen LogP contribution in [0, 0.1) is 0 Å². The van der Waals surface area contributed by atoms with Gasteiger partial charge in [-0.1, -0.05) is 18.2 Å². The monoisotopic (exact) mass is 391 g/mol. The number of methoxy groups -OCH3 is 2. The predicted molar refractivity (Wildman–Crippen MR) is 113 cm³/mol. The molecule has 2 aromatic carbocycles. The van der Waals surface area contributed by atoms with Crippen LogP contribution in [0.3, 0.4) is 0 Å². The van der Waals surface area contributed by atoms with E-state index in [0.29, 0.717) is 5.56 Å². The minimum absolute atomic E-state index is 0.0529. The minimum Gasteiger partial charge on any atom is -0.497 e. The molecular formula is C23H21NO3S. The second-order valence-corrected chi connectivity index (χ2v) is 6.95. The van der Waals surface area contributed by atoms with Gasteiger partial charge in [0, 0.05) is 23.1 Å². The number of carbonyl (C=O) groups is 1. The third-order valence-corrected chi connectivity index (χ3v) is 5.11. The Bertz CT molecular complexity index is 953. The summed E-state index contributed by atoms with van der Waals surface area (Å²) in [4.78, 5) is 16.7. The number of pyridine rings is 1. The van der Waals surface area contributed by atoms with Crippen molar-refractivity contribution in [3.05, 3.63) is 89.6 Å². The Morgan fingerprint density at radius 1 is 1.04 bits per heavy atom. The molecule has 0 fully saturated rings.